The van der Waals surface area contributed by atoms with Crippen molar-refractivity contribution >= 4 is 47.6 Å². The molecule has 4 rings (SSSR count). The molecule has 0 saturated heterocycles. The highest BCUT2D eigenvalue weighted by molar-refractivity contribution is 5.95. The van der Waals surface area contributed by atoms with Gasteiger partial charge in [-0.3, -0.25) is 9.59 Å². The summed E-state index contributed by atoms with van der Waals surface area (Å²) in [6.07, 6.45) is 9.99. The third-order valence-corrected chi connectivity index (χ3v) is 4.98. The molecule has 0 fully saturated rings. The van der Waals surface area contributed by atoms with Crippen molar-refractivity contribution in [2.45, 2.75) is 0 Å². The van der Waals surface area contributed by atoms with Gasteiger partial charge in [0.2, 0.25) is 0 Å². The molecule has 0 aromatic heterocycles. The molecule has 4 aromatic carbocycles. The molecular formula is C28H20O2. The Labute approximate surface area is 175 Å². The molecule has 0 N–H and O–H groups in total. The Morgan fingerprint density at radius 1 is 0.467 bits per heavy atom. The van der Waals surface area contributed by atoms with Gasteiger partial charge in [0.15, 0.2) is 0 Å². The molecule has 0 unspecified atom stereocenters. The lowest BCUT2D eigenvalue weighted by molar-refractivity contribution is 0.111. The van der Waals surface area contributed by atoms with E-state index in [2.05, 4.69) is 42.5 Å². The number of aldehydes is 2. The van der Waals surface area contributed by atoms with E-state index in [1.165, 1.54) is 10.8 Å². The van der Waals surface area contributed by atoms with Crippen LogP contribution in [0, 0.1) is 0 Å². The Balaban J connectivity index is 1.67. The third kappa shape index (κ3) is 4.50. The lowest BCUT2D eigenvalue weighted by Crippen LogP contribution is -1.83. The van der Waals surface area contributed by atoms with Crippen LogP contribution in [0.4, 0.5) is 0 Å². The largest absolute Gasteiger partial charge is 0.298 e. The molecule has 2 nitrogen and oxygen atoms in total. The molecule has 0 bridgehead atoms. The molecule has 30 heavy (non-hydrogen) atoms. The molecule has 4 aromatic rings. The SMILES string of the molecule is O=Cc1ccc(C=Cc2cc(C=Cc3ccc(C=O)cc3)c3ccccc3c2)cc1. The van der Waals surface area contributed by atoms with Gasteiger partial charge in [-0.2, -0.15) is 0 Å². The zero-order chi connectivity index (χ0) is 20.8. The summed E-state index contributed by atoms with van der Waals surface area (Å²) in [7, 11) is 0. The van der Waals surface area contributed by atoms with E-state index in [1.807, 2.05) is 66.7 Å². The number of carbonyl (C=O) groups excluding carboxylic acids is 2. The summed E-state index contributed by atoms with van der Waals surface area (Å²) in [6, 6.07) is 27.7. The summed E-state index contributed by atoms with van der Waals surface area (Å²) in [5, 5.41) is 2.36. The van der Waals surface area contributed by atoms with Crippen LogP contribution in [0.15, 0.2) is 84.9 Å². The molecule has 0 aliphatic heterocycles. The van der Waals surface area contributed by atoms with Crippen LogP contribution in [0.25, 0.3) is 35.1 Å². The van der Waals surface area contributed by atoms with Gasteiger partial charge in [0.05, 0.1) is 0 Å². The van der Waals surface area contributed by atoms with Gasteiger partial charge in [-0.1, -0.05) is 97.1 Å². The second-order valence-corrected chi connectivity index (χ2v) is 7.07. The van der Waals surface area contributed by atoms with E-state index in [0.717, 1.165) is 34.8 Å². The van der Waals surface area contributed by atoms with Crippen molar-refractivity contribution in [3.63, 3.8) is 0 Å². The zero-order valence-electron chi connectivity index (χ0n) is 16.4. The van der Waals surface area contributed by atoms with Crippen LogP contribution in [0.1, 0.15) is 43.0 Å². The zero-order valence-corrected chi connectivity index (χ0v) is 16.4. The van der Waals surface area contributed by atoms with Gasteiger partial charge in [-0.25, -0.2) is 0 Å². The van der Waals surface area contributed by atoms with E-state index in [-0.39, 0.29) is 0 Å². The van der Waals surface area contributed by atoms with Crippen LogP contribution in [0.3, 0.4) is 0 Å². The Hall–Kier alpha value is -4.04. The monoisotopic (exact) mass is 388 g/mol. The molecule has 0 aliphatic rings. The maximum Gasteiger partial charge on any atom is 0.150 e. The van der Waals surface area contributed by atoms with Crippen molar-refractivity contribution in [3.8, 4) is 0 Å². The van der Waals surface area contributed by atoms with Crippen LogP contribution >= 0.6 is 0 Å². The summed E-state index contributed by atoms with van der Waals surface area (Å²) < 4.78 is 0. The number of benzene rings is 4. The molecule has 0 radical (unpaired) electrons. The molecule has 0 heterocycles. The lowest BCUT2D eigenvalue weighted by atomic mass is 9.99. The first-order valence-electron chi connectivity index (χ1n) is 9.74. The quantitative estimate of drug-likeness (QED) is 0.269. The first-order valence-corrected chi connectivity index (χ1v) is 9.74. The van der Waals surface area contributed by atoms with E-state index in [1.54, 1.807) is 0 Å². The fraction of sp³-hybridized carbons (Fsp3) is 0. The highest BCUT2D eigenvalue weighted by Gasteiger charge is 2.01. The van der Waals surface area contributed by atoms with Gasteiger partial charge < -0.3 is 0 Å². The minimum atomic E-state index is 0.672. The maximum absolute atomic E-state index is 10.8. The molecule has 144 valence electrons. The second-order valence-electron chi connectivity index (χ2n) is 7.07. The first-order chi connectivity index (χ1) is 14.7. The second kappa shape index (κ2) is 8.97. The van der Waals surface area contributed by atoms with Crippen molar-refractivity contribution in [1.29, 1.82) is 0 Å². The minimum absolute atomic E-state index is 0.672. The summed E-state index contributed by atoms with van der Waals surface area (Å²) in [6.45, 7) is 0. The molecular weight excluding hydrogens is 368 g/mol. The van der Waals surface area contributed by atoms with Crippen molar-refractivity contribution < 1.29 is 9.59 Å². The van der Waals surface area contributed by atoms with E-state index in [9.17, 15) is 9.59 Å². The Morgan fingerprint density at radius 2 is 0.967 bits per heavy atom. The average Bonchev–Trinajstić information content (AvgIpc) is 2.81. The predicted molar refractivity (Wildman–Crippen MR) is 125 cm³/mol. The van der Waals surface area contributed by atoms with Crippen molar-refractivity contribution in [3.05, 3.63) is 118 Å². The van der Waals surface area contributed by atoms with Gasteiger partial charge in [0, 0.05) is 11.1 Å². The lowest BCUT2D eigenvalue weighted by Gasteiger charge is -2.06. The van der Waals surface area contributed by atoms with Crippen molar-refractivity contribution in [1.82, 2.24) is 0 Å². The normalized spacial score (nSPS) is 11.3. The molecule has 0 saturated carbocycles. The van der Waals surface area contributed by atoms with Crippen LogP contribution in [0.2, 0.25) is 0 Å². The molecule has 0 spiro atoms. The predicted octanol–water partition coefficient (Wildman–Crippen LogP) is 6.81. The fourth-order valence-electron chi connectivity index (χ4n) is 3.35. The summed E-state index contributed by atoms with van der Waals surface area (Å²) in [5.74, 6) is 0. The van der Waals surface area contributed by atoms with E-state index in [4.69, 9.17) is 0 Å². The van der Waals surface area contributed by atoms with Gasteiger partial charge in [0.25, 0.3) is 0 Å². The molecule has 2 heteroatoms. The van der Waals surface area contributed by atoms with Gasteiger partial charge >= 0.3 is 0 Å². The number of rotatable bonds is 6. The van der Waals surface area contributed by atoms with Crippen LogP contribution < -0.4 is 0 Å². The van der Waals surface area contributed by atoms with Crippen LogP contribution in [0.5, 0.6) is 0 Å². The van der Waals surface area contributed by atoms with Gasteiger partial charge in [0.1, 0.15) is 12.6 Å². The Kier molecular flexibility index (Phi) is 5.77. The Morgan fingerprint density at radius 3 is 1.57 bits per heavy atom. The maximum atomic E-state index is 10.8. The summed E-state index contributed by atoms with van der Waals surface area (Å²) in [5.41, 5.74) is 5.66. The molecule has 0 atom stereocenters. The minimum Gasteiger partial charge on any atom is -0.298 e. The van der Waals surface area contributed by atoms with Gasteiger partial charge in [-0.05, 0) is 45.2 Å². The van der Waals surface area contributed by atoms with Crippen molar-refractivity contribution in [2.24, 2.45) is 0 Å². The van der Waals surface area contributed by atoms with Crippen LogP contribution in [-0.4, -0.2) is 12.6 Å². The van der Waals surface area contributed by atoms with Gasteiger partial charge in [-0.15, -0.1) is 0 Å². The molecule has 0 aliphatic carbocycles. The number of fused-ring (bicyclic) bond motifs is 1. The number of carbonyl (C=O) groups is 2. The Bertz CT molecular complexity index is 1240. The third-order valence-electron chi connectivity index (χ3n) is 4.98. The number of hydrogen-bond acceptors (Lipinski definition) is 2. The first kappa shape index (κ1) is 19.3. The fourth-order valence-corrected chi connectivity index (χ4v) is 3.35. The topological polar surface area (TPSA) is 34.1 Å². The summed E-state index contributed by atoms with van der Waals surface area (Å²) >= 11 is 0. The highest BCUT2D eigenvalue weighted by atomic mass is 16.1. The van der Waals surface area contributed by atoms with Crippen LogP contribution in [-0.2, 0) is 0 Å². The van der Waals surface area contributed by atoms with E-state index in [0.29, 0.717) is 11.1 Å². The number of hydrogen-bond donors (Lipinski definition) is 0. The molecule has 0 amide bonds. The van der Waals surface area contributed by atoms with Crippen molar-refractivity contribution in [2.75, 3.05) is 0 Å². The highest BCUT2D eigenvalue weighted by Crippen LogP contribution is 2.24. The van der Waals surface area contributed by atoms with E-state index >= 15 is 0 Å². The summed E-state index contributed by atoms with van der Waals surface area (Å²) in [4.78, 5) is 21.7. The smallest absolute Gasteiger partial charge is 0.150 e. The standard InChI is InChI=1S/C28H20O2/c29-19-23-10-5-21(6-11-23)9-14-25-17-26-3-1-2-4-28(26)27(18-25)16-15-22-7-12-24(20-30)13-8-22/h1-20H. The average molecular weight is 388 g/mol. The van der Waals surface area contributed by atoms with E-state index < -0.39 is 0 Å².